The van der Waals surface area contributed by atoms with Gasteiger partial charge in [-0.3, -0.25) is 0 Å². The molecule has 0 amide bonds. The minimum atomic E-state index is 0. The first-order chi connectivity index (χ1) is 10.3. The average Bonchev–Trinajstić information content (AvgIpc) is 2.55. The minimum Gasteiger partial charge on any atom is -0.385 e. The Kier molecular flexibility index (Phi) is 7.33. The molecule has 0 atom stereocenters. The Balaban J connectivity index is 0.00000176. The number of rotatable bonds is 5. The zero-order chi connectivity index (χ0) is 14.5. The number of piperidine rings is 1. The third-order valence-corrected chi connectivity index (χ3v) is 5.25. The second kappa shape index (κ2) is 9.00. The predicted molar refractivity (Wildman–Crippen MR) is 98.7 cm³/mol. The molecular weight excluding hydrogens is 315 g/mol. The largest absolute Gasteiger partial charge is 0.385 e. The molecule has 1 N–H and O–H groups in total. The summed E-state index contributed by atoms with van der Waals surface area (Å²) in [7, 11) is 0. The number of hydrogen-bond donors (Lipinski definition) is 1. The molecule has 22 heavy (non-hydrogen) atoms. The van der Waals surface area contributed by atoms with Gasteiger partial charge in [0, 0.05) is 17.3 Å². The third-order valence-electron chi connectivity index (χ3n) is 4.89. The van der Waals surface area contributed by atoms with Gasteiger partial charge in [0.1, 0.15) is 0 Å². The number of likely N-dealkylation sites (tertiary alicyclic amines) is 1. The summed E-state index contributed by atoms with van der Waals surface area (Å²) in [5.41, 5.74) is 4.20. The molecule has 4 heteroatoms. The molecule has 0 saturated carbocycles. The highest BCUT2D eigenvalue weighted by molar-refractivity contribution is 6.31. The summed E-state index contributed by atoms with van der Waals surface area (Å²) in [6.07, 6.45) is 10.3. The van der Waals surface area contributed by atoms with Crippen LogP contribution in [-0.2, 0) is 12.8 Å². The highest BCUT2D eigenvalue weighted by atomic mass is 35.5. The molecule has 1 aliphatic heterocycles. The molecule has 1 heterocycles. The molecule has 2 nitrogen and oxygen atoms in total. The molecule has 0 spiro atoms. The molecule has 3 rings (SSSR count). The zero-order valence-corrected chi connectivity index (χ0v) is 14.9. The standard InChI is InChI=1S/C18H27ClN2.ClH/c19-17-9-10-18(16-8-3-2-7-15(16)17)20-11-6-14-21-12-4-1-5-13-21;/h9-10,20H,1-8,11-14H2;1H. The van der Waals surface area contributed by atoms with E-state index in [-0.39, 0.29) is 12.4 Å². The Bertz CT molecular complexity index is 470. The van der Waals surface area contributed by atoms with Gasteiger partial charge in [-0.2, -0.15) is 0 Å². The maximum absolute atomic E-state index is 6.34. The predicted octanol–water partition coefficient (Wildman–Crippen LogP) is 4.93. The van der Waals surface area contributed by atoms with Crippen molar-refractivity contribution in [2.45, 2.75) is 51.4 Å². The second-order valence-electron chi connectivity index (χ2n) is 6.44. The van der Waals surface area contributed by atoms with Crippen LogP contribution < -0.4 is 5.32 Å². The number of nitrogens with zero attached hydrogens (tertiary/aromatic N) is 1. The Hall–Kier alpha value is -0.440. The van der Waals surface area contributed by atoms with E-state index >= 15 is 0 Å². The van der Waals surface area contributed by atoms with Crippen molar-refractivity contribution >= 4 is 29.7 Å². The van der Waals surface area contributed by atoms with E-state index in [2.05, 4.69) is 22.3 Å². The van der Waals surface area contributed by atoms with E-state index in [0.29, 0.717) is 0 Å². The minimum absolute atomic E-state index is 0. The lowest BCUT2D eigenvalue weighted by Gasteiger charge is -2.26. The van der Waals surface area contributed by atoms with Gasteiger partial charge >= 0.3 is 0 Å². The summed E-state index contributed by atoms with van der Waals surface area (Å²) >= 11 is 6.34. The van der Waals surface area contributed by atoms with Crippen LogP contribution in [0.15, 0.2) is 12.1 Å². The van der Waals surface area contributed by atoms with Crippen LogP contribution in [0, 0.1) is 0 Å². The Morgan fingerprint density at radius 3 is 2.45 bits per heavy atom. The Labute approximate surface area is 146 Å². The van der Waals surface area contributed by atoms with Crippen LogP contribution in [-0.4, -0.2) is 31.1 Å². The molecule has 0 unspecified atom stereocenters. The monoisotopic (exact) mass is 342 g/mol. The fraction of sp³-hybridized carbons (Fsp3) is 0.667. The molecule has 2 aliphatic rings. The molecule has 0 radical (unpaired) electrons. The Morgan fingerprint density at radius 1 is 0.955 bits per heavy atom. The maximum Gasteiger partial charge on any atom is 0.0442 e. The highest BCUT2D eigenvalue weighted by Crippen LogP contribution is 2.33. The summed E-state index contributed by atoms with van der Waals surface area (Å²) < 4.78 is 0. The SMILES string of the molecule is Cl.Clc1ccc(NCCCN2CCCCC2)c2c1CCCC2. The Morgan fingerprint density at radius 2 is 1.68 bits per heavy atom. The normalized spacial score (nSPS) is 18.4. The van der Waals surface area contributed by atoms with Gasteiger partial charge in [0.25, 0.3) is 0 Å². The van der Waals surface area contributed by atoms with Gasteiger partial charge in [0.05, 0.1) is 0 Å². The van der Waals surface area contributed by atoms with E-state index in [9.17, 15) is 0 Å². The van der Waals surface area contributed by atoms with Crippen LogP contribution >= 0.6 is 24.0 Å². The summed E-state index contributed by atoms with van der Waals surface area (Å²) in [5, 5.41) is 4.62. The molecule has 1 fully saturated rings. The zero-order valence-electron chi connectivity index (χ0n) is 13.4. The lowest BCUT2D eigenvalue weighted by molar-refractivity contribution is 0.228. The number of fused-ring (bicyclic) bond motifs is 1. The summed E-state index contributed by atoms with van der Waals surface area (Å²) in [6, 6.07) is 4.24. The van der Waals surface area contributed by atoms with Crippen LogP contribution in [0.1, 0.15) is 49.7 Å². The fourth-order valence-corrected chi connectivity index (χ4v) is 3.97. The first-order valence-electron chi connectivity index (χ1n) is 8.61. The van der Waals surface area contributed by atoms with Gasteiger partial charge in [-0.1, -0.05) is 18.0 Å². The van der Waals surface area contributed by atoms with Crippen molar-refractivity contribution in [1.82, 2.24) is 4.90 Å². The molecule has 0 bridgehead atoms. The lowest BCUT2D eigenvalue weighted by Crippen LogP contribution is -2.31. The van der Waals surface area contributed by atoms with Gasteiger partial charge in [0.2, 0.25) is 0 Å². The van der Waals surface area contributed by atoms with Crippen LogP contribution in [0.25, 0.3) is 0 Å². The van der Waals surface area contributed by atoms with Crippen molar-refractivity contribution in [2.24, 2.45) is 0 Å². The van der Waals surface area contributed by atoms with Crippen LogP contribution in [0.2, 0.25) is 5.02 Å². The van der Waals surface area contributed by atoms with Crippen molar-refractivity contribution in [3.63, 3.8) is 0 Å². The number of halogens is 2. The van der Waals surface area contributed by atoms with Crippen molar-refractivity contribution < 1.29 is 0 Å². The molecule has 1 aromatic carbocycles. The van der Waals surface area contributed by atoms with Crippen molar-refractivity contribution in [1.29, 1.82) is 0 Å². The van der Waals surface area contributed by atoms with Crippen molar-refractivity contribution in [3.8, 4) is 0 Å². The molecule has 1 saturated heterocycles. The summed E-state index contributed by atoms with van der Waals surface area (Å²) in [4.78, 5) is 2.61. The molecular formula is C18H28Cl2N2. The third kappa shape index (κ3) is 4.53. The number of hydrogen-bond acceptors (Lipinski definition) is 2. The number of nitrogens with one attached hydrogen (secondary N) is 1. The topological polar surface area (TPSA) is 15.3 Å². The van der Waals surface area contributed by atoms with Gasteiger partial charge < -0.3 is 10.2 Å². The smallest absolute Gasteiger partial charge is 0.0442 e. The van der Waals surface area contributed by atoms with E-state index in [1.165, 1.54) is 81.4 Å². The van der Waals surface area contributed by atoms with Gasteiger partial charge in [-0.05, 0) is 87.8 Å². The van der Waals surface area contributed by atoms with Gasteiger partial charge in [0.15, 0.2) is 0 Å². The van der Waals surface area contributed by atoms with E-state index in [1.807, 2.05) is 0 Å². The van der Waals surface area contributed by atoms with E-state index < -0.39 is 0 Å². The maximum atomic E-state index is 6.34. The quantitative estimate of drug-likeness (QED) is 0.763. The highest BCUT2D eigenvalue weighted by Gasteiger charge is 2.16. The van der Waals surface area contributed by atoms with E-state index in [0.717, 1.165) is 18.0 Å². The van der Waals surface area contributed by atoms with Crippen molar-refractivity contribution in [3.05, 3.63) is 28.3 Å². The summed E-state index contributed by atoms with van der Waals surface area (Å²) in [6.45, 7) is 4.92. The first kappa shape index (κ1) is 17.9. The van der Waals surface area contributed by atoms with Crippen LogP contribution in [0.4, 0.5) is 5.69 Å². The van der Waals surface area contributed by atoms with Crippen LogP contribution in [0.3, 0.4) is 0 Å². The van der Waals surface area contributed by atoms with E-state index in [4.69, 9.17) is 11.6 Å². The average molecular weight is 343 g/mol. The molecule has 1 aliphatic carbocycles. The van der Waals surface area contributed by atoms with Crippen molar-refractivity contribution in [2.75, 3.05) is 31.5 Å². The van der Waals surface area contributed by atoms with Gasteiger partial charge in [-0.25, -0.2) is 0 Å². The molecule has 124 valence electrons. The van der Waals surface area contributed by atoms with E-state index in [1.54, 1.807) is 0 Å². The van der Waals surface area contributed by atoms with Gasteiger partial charge in [-0.15, -0.1) is 12.4 Å². The first-order valence-corrected chi connectivity index (χ1v) is 8.99. The molecule has 1 aromatic rings. The summed E-state index contributed by atoms with van der Waals surface area (Å²) in [5.74, 6) is 0. The lowest BCUT2D eigenvalue weighted by atomic mass is 9.90. The fourth-order valence-electron chi connectivity index (χ4n) is 3.70. The number of anilines is 1. The molecule has 0 aromatic heterocycles. The van der Waals surface area contributed by atoms with Crippen LogP contribution in [0.5, 0.6) is 0 Å². The number of benzene rings is 1. The second-order valence-corrected chi connectivity index (χ2v) is 6.85.